The molecule has 1 fully saturated rings. The van der Waals surface area contributed by atoms with Gasteiger partial charge in [0, 0.05) is 17.2 Å². The van der Waals surface area contributed by atoms with Gasteiger partial charge in [0.2, 0.25) is 5.91 Å². The summed E-state index contributed by atoms with van der Waals surface area (Å²) in [7, 11) is 0. The summed E-state index contributed by atoms with van der Waals surface area (Å²) >= 11 is 14.2. The summed E-state index contributed by atoms with van der Waals surface area (Å²) in [6.07, 6.45) is 6.59. The Labute approximate surface area is 209 Å². The number of aromatic nitrogens is 3. The number of halogens is 2. The maximum Gasteiger partial charge on any atom is 0.220 e. The normalized spacial score (nSPS) is 14.0. The summed E-state index contributed by atoms with van der Waals surface area (Å²) in [5.74, 6) is 2.13. The number of amides is 1. The molecule has 0 saturated heterocycles. The molecule has 8 heteroatoms. The second kappa shape index (κ2) is 11.4. The number of carbonyl (C=O) groups is 1. The van der Waals surface area contributed by atoms with Crippen LogP contribution in [0.3, 0.4) is 0 Å². The fraction of sp³-hybridized carbons (Fsp3) is 0.400. The number of benzene rings is 2. The SMILES string of the molecule is Cc1ccccc1CSc1nnc(CNC(=O)CCC2CCCC2)n1-c1ccc(Cl)cc1Cl. The van der Waals surface area contributed by atoms with Crippen molar-refractivity contribution in [2.24, 2.45) is 5.92 Å². The van der Waals surface area contributed by atoms with Crippen molar-refractivity contribution in [3.8, 4) is 5.69 Å². The molecule has 1 heterocycles. The third-order valence-electron chi connectivity index (χ3n) is 6.17. The quantitative estimate of drug-likeness (QED) is 0.328. The van der Waals surface area contributed by atoms with Crippen molar-refractivity contribution in [3.05, 3.63) is 69.5 Å². The molecule has 0 bridgehead atoms. The number of hydrogen-bond acceptors (Lipinski definition) is 4. The van der Waals surface area contributed by atoms with Crippen molar-refractivity contribution in [2.75, 3.05) is 0 Å². The lowest BCUT2D eigenvalue weighted by Gasteiger charge is -2.13. The zero-order valence-corrected chi connectivity index (χ0v) is 21.0. The maximum absolute atomic E-state index is 12.5. The Morgan fingerprint density at radius 1 is 1.15 bits per heavy atom. The van der Waals surface area contributed by atoms with E-state index in [1.807, 2.05) is 22.8 Å². The molecule has 2 aromatic carbocycles. The van der Waals surface area contributed by atoms with Gasteiger partial charge < -0.3 is 5.32 Å². The highest BCUT2D eigenvalue weighted by Crippen LogP contribution is 2.31. The van der Waals surface area contributed by atoms with E-state index in [2.05, 4.69) is 34.6 Å². The number of nitrogens with one attached hydrogen (secondary N) is 1. The van der Waals surface area contributed by atoms with Gasteiger partial charge in [0.15, 0.2) is 11.0 Å². The molecule has 1 aliphatic carbocycles. The van der Waals surface area contributed by atoms with E-state index in [0.29, 0.717) is 34.8 Å². The topological polar surface area (TPSA) is 59.8 Å². The van der Waals surface area contributed by atoms with E-state index in [1.165, 1.54) is 36.8 Å². The highest BCUT2D eigenvalue weighted by molar-refractivity contribution is 7.98. The molecule has 33 heavy (non-hydrogen) atoms. The van der Waals surface area contributed by atoms with Crippen LogP contribution in [0.25, 0.3) is 5.69 Å². The molecule has 0 spiro atoms. The number of nitrogens with zero attached hydrogens (tertiary/aromatic N) is 3. The third kappa shape index (κ3) is 6.31. The van der Waals surface area contributed by atoms with E-state index in [0.717, 1.165) is 23.0 Å². The maximum atomic E-state index is 12.5. The first-order valence-electron chi connectivity index (χ1n) is 11.3. The molecule has 1 amide bonds. The van der Waals surface area contributed by atoms with Gasteiger partial charge in [-0.15, -0.1) is 10.2 Å². The lowest BCUT2D eigenvalue weighted by atomic mass is 10.0. The van der Waals surface area contributed by atoms with Crippen LogP contribution in [-0.4, -0.2) is 20.7 Å². The summed E-state index contributed by atoms with van der Waals surface area (Å²) < 4.78 is 1.92. The van der Waals surface area contributed by atoms with Crippen LogP contribution < -0.4 is 5.32 Å². The minimum absolute atomic E-state index is 0.0489. The summed E-state index contributed by atoms with van der Waals surface area (Å²) in [6, 6.07) is 13.6. The first-order chi connectivity index (χ1) is 16.0. The minimum Gasteiger partial charge on any atom is -0.349 e. The first-order valence-corrected chi connectivity index (χ1v) is 13.1. The van der Waals surface area contributed by atoms with Crippen molar-refractivity contribution in [1.29, 1.82) is 0 Å². The molecule has 1 aromatic heterocycles. The summed E-state index contributed by atoms with van der Waals surface area (Å²) in [5.41, 5.74) is 3.21. The number of thioether (sulfide) groups is 1. The Morgan fingerprint density at radius 3 is 2.70 bits per heavy atom. The predicted molar refractivity (Wildman–Crippen MR) is 135 cm³/mol. The molecule has 174 valence electrons. The lowest BCUT2D eigenvalue weighted by Crippen LogP contribution is -2.25. The second-order valence-electron chi connectivity index (χ2n) is 8.51. The van der Waals surface area contributed by atoms with E-state index in [1.54, 1.807) is 23.9 Å². The zero-order chi connectivity index (χ0) is 23.2. The average Bonchev–Trinajstić information content (AvgIpc) is 3.46. The van der Waals surface area contributed by atoms with Crippen LogP contribution in [0.2, 0.25) is 10.0 Å². The zero-order valence-electron chi connectivity index (χ0n) is 18.7. The monoisotopic (exact) mass is 502 g/mol. The molecule has 3 aromatic rings. The molecule has 4 rings (SSSR count). The van der Waals surface area contributed by atoms with Crippen molar-refractivity contribution < 1.29 is 4.79 Å². The fourth-order valence-electron chi connectivity index (χ4n) is 4.23. The van der Waals surface area contributed by atoms with Gasteiger partial charge in [-0.2, -0.15) is 0 Å². The minimum atomic E-state index is 0.0489. The molecule has 5 nitrogen and oxygen atoms in total. The molecule has 0 atom stereocenters. The predicted octanol–water partition coefficient (Wildman–Crippen LogP) is 6.76. The highest BCUT2D eigenvalue weighted by atomic mass is 35.5. The van der Waals surface area contributed by atoms with E-state index < -0.39 is 0 Å². The molecule has 0 radical (unpaired) electrons. The van der Waals surface area contributed by atoms with Gasteiger partial charge in [-0.3, -0.25) is 9.36 Å². The van der Waals surface area contributed by atoms with Crippen LogP contribution in [0.1, 0.15) is 55.5 Å². The fourth-order valence-corrected chi connectivity index (χ4v) is 5.76. The van der Waals surface area contributed by atoms with Crippen molar-refractivity contribution in [3.63, 3.8) is 0 Å². The Morgan fingerprint density at radius 2 is 1.94 bits per heavy atom. The molecule has 0 aliphatic heterocycles. The average molecular weight is 503 g/mol. The molecule has 0 unspecified atom stereocenters. The Hall–Kier alpha value is -2.02. The van der Waals surface area contributed by atoms with Crippen LogP contribution in [-0.2, 0) is 17.1 Å². The van der Waals surface area contributed by atoms with E-state index in [9.17, 15) is 4.79 Å². The van der Waals surface area contributed by atoms with Crippen LogP contribution in [0.15, 0.2) is 47.6 Å². The van der Waals surface area contributed by atoms with Gasteiger partial charge in [0.05, 0.1) is 17.3 Å². The number of hydrogen-bond donors (Lipinski definition) is 1. The van der Waals surface area contributed by atoms with Crippen LogP contribution in [0.5, 0.6) is 0 Å². The molecule has 1 saturated carbocycles. The summed E-state index contributed by atoms with van der Waals surface area (Å²) in [4.78, 5) is 12.5. The first kappa shape index (κ1) is 24.1. The van der Waals surface area contributed by atoms with Gasteiger partial charge >= 0.3 is 0 Å². The Bertz CT molecular complexity index is 1110. The van der Waals surface area contributed by atoms with E-state index >= 15 is 0 Å². The number of carbonyl (C=O) groups excluding carboxylic acids is 1. The Kier molecular flexibility index (Phi) is 8.34. The van der Waals surface area contributed by atoms with Crippen LogP contribution in [0.4, 0.5) is 0 Å². The van der Waals surface area contributed by atoms with Crippen LogP contribution in [0, 0.1) is 12.8 Å². The van der Waals surface area contributed by atoms with E-state index in [4.69, 9.17) is 23.2 Å². The molecule has 1 N–H and O–H groups in total. The van der Waals surface area contributed by atoms with Crippen molar-refractivity contribution >= 4 is 40.9 Å². The van der Waals surface area contributed by atoms with Crippen LogP contribution >= 0.6 is 35.0 Å². The molecular weight excluding hydrogens is 475 g/mol. The number of rotatable bonds is 9. The van der Waals surface area contributed by atoms with Gasteiger partial charge in [-0.05, 0) is 48.6 Å². The smallest absolute Gasteiger partial charge is 0.220 e. The molecular formula is C25H28Cl2N4OS. The standard InChI is InChI=1S/C25H28Cl2N4OS/c1-17-6-2-5-9-19(17)16-33-25-30-29-23(31(25)22-12-11-20(26)14-21(22)27)15-28-24(32)13-10-18-7-3-4-8-18/h2,5-6,9,11-12,14,18H,3-4,7-8,10,13,15-16H2,1H3,(H,28,32). The second-order valence-corrected chi connectivity index (χ2v) is 10.3. The molecule has 1 aliphatic rings. The highest BCUT2D eigenvalue weighted by Gasteiger charge is 2.19. The lowest BCUT2D eigenvalue weighted by molar-refractivity contribution is -0.121. The third-order valence-corrected chi connectivity index (χ3v) is 7.68. The summed E-state index contributed by atoms with van der Waals surface area (Å²) in [6.45, 7) is 2.39. The van der Waals surface area contributed by atoms with Gasteiger partial charge in [-0.25, -0.2) is 0 Å². The number of aryl methyl sites for hydroxylation is 1. The summed E-state index contributed by atoms with van der Waals surface area (Å²) in [5, 5.41) is 13.6. The van der Waals surface area contributed by atoms with Gasteiger partial charge in [-0.1, -0.05) is 84.9 Å². The Balaban J connectivity index is 1.50. The van der Waals surface area contributed by atoms with Crippen molar-refractivity contribution in [2.45, 2.75) is 62.9 Å². The van der Waals surface area contributed by atoms with Gasteiger partial charge in [0.1, 0.15) is 0 Å². The van der Waals surface area contributed by atoms with E-state index in [-0.39, 0.29) is 5.91 Å². The van der Waals surface area contributed by atoms with Crippen molar-refractivity contribution in [1.82, 2.24) is 20.1 Å². The van der Waals surface area contributed by atoms with Gasteiger partial charge in [0.25, 0.3) is 0 Å². The largest absolute Gasteiger partial charge is 0.349 e.